The molecule has 1 N–H and O–H groups in total. The van der Waals surface area contributed by atoms with Gasteiger partial charge in [-0.05, 0) is 56.4 Å². The Bertz CT molecular complexity index is 435. The minimum atomic E-state index is 0.851. The molecule has 2 fully saturated rings. The zero-order valence-electron chi connectivity index (χ0n) is 13.7. The maximum atomic E-state index is 4.50. The fraction of sp³-hybridized carbons (Fsp3) is 0.833. The average molecular weight is 289 g/mol. The molecule has 0 spiro atoms. The van der Waals surface area contributed by atoms with Crippen LogP contribution in [-0.2, 0) is 13.5 Å². The highest BCUT2D eigenvalue weighted by molar-refractivity contribution is 4.93. The lowest BCUT2D eigenvalue weighted by Gasteiger charge is -2.36. The van der Waals surface area contributed by atoms with E-state index >= 15 is 0 Å². The molecule has 1 aromatic heterocycles. The molecule has 1 heterocycles. The molecule has 3 nitrogen and oxygen atoms in total. The van der Waals surface area contributed by atoms with Crippen LogP contribution >= 0.6 is 0 Å². The monoisotopic (exact) mass is 289 g/mol. The van der Waals surface area contributed by atoms with E-state index in [1.807, 2.05) is 6.20 Å². The Hall–Kier alpha value is -0.830. The van der Waals surface area contributed by atoms with E-state index in [-0.39, 0.29) is 0 Å². The van der Waals surface area contributed by atoms with E-state index in [4.69, 9.17) is 0 Å². The highest BCUT2D eigenvalue weighted by atomic mass is 15.0. The Morgan fingerprint density at radius 1 is 1.24 bits per heavy atom. The van der Waals surface area contributed by atoms with Crippen LogP contribution in [0.25, 0.3) is 0 Å². The van der Waals surface area contributed by atoms with E-state index in [2.05, 4.69) is 35.0 Å². The van der Waals surface area contributed by atoms with E-state index in [0.29, 0.717) is 0 Å². The molecule has 3 unspecified atom stereocenters. The molecule has 0 aromatic carbocycles. The quantitative estimate of drug-likeness (QED) is 0.832. The lowest BCUT2D eigenvalue weighted by Crippen LogP contribution is -2.34. The van der Waals surface area contributed by atoms with Gasteiger partial charge in [-0.15, -0.1) is 0 Å². The normalized spacial score (nSPS) is 29.7. The van der Waals surface area contributed by atoms with Gasteiger partial charge in [0, 0.05) is 31.9 Å². The Balaban J connectivity index is 1.54. The molecule has 2 aliphatic rings. The van der Waals surface area contributed by atoms with Crippen molar-refractivity contribution in [3.8, 4) is 0 Å². The first kappa shape index (κ1) is 15.1. The number of rotatable bonds is 7. The van der Waals surface area contributed by atoms with Gasteiger partial charge in [-0.25, -0.2) is 4.98 Å². The van der Waals surface area contributed by atoms with E-state index < -0.39 is 0 Å². The summed E-state index contributed by atoms with van der Waals surface area (Å²) >= 11 is 0. The van der Waals surface area contributed by atoms with Crippen LogP contribution < -0.4 is 5.32 Å². The predicted molar refractivity (Wildman–Crippen MR) is 87.2 cm³/mol. The molecular weight excluding hydrogens is 258 g/mol. The molecule has 0 aliphatic heterocycles. The molecule has 2 saturated carbocycles. The number of imidazole rings is 1. The van der Waals surface area contributed by atoms with Crippen molar-refractivity contribution >= 4 is 0 Å². The van der Waals surface area contributed by atoms with Crippen LogP contribution in [0.2, 0.25) is 0 Å². The second-order valence-corrected chi connectivity index (χ2v) is 7.28. The van der Waals surface area contributed by atoms with Crippen LogP contribution in [0.1, 0.15) is 57.7 Å². The molecule has 21 heavy (non-hydrogen) atoms. The molecule has 118 valence electrons. The summed E-state index contributed by atoms with van der Waals surface area (Å²) in [5.41, 5.74) is 0. The van der Waals surface area contributed by atoms with Gasteiger partial charge < -0.3 is 9.88 Å². The van der Waals surface area contributed by atoms with E-state index in [0.717, 1.165) is 30.2 Å². The van der Waals surface area contributed by atoms with Gasteiger partial charge in [0.05, 0.1) is 0 Å². The van der Waals surface area contributed by atoms with Crippen LogP contribution in [-0.4, -0.2) is 22.1 Å². The first-order valence-electron chi connectivity index (χ1n) is 8.95. The molecule has 0 amide bonds. The summed E-state index contributed by atoms with van der Waals surface area (Å²) in [6, 6.07) is 0.851. The van der Waals surface area contributed by atoms with E-state index in [9.17, 15) is 0 Å². The van der Waals surface area contributed by atoms with Crippen molar-refractivity contribution in [3.63, 3.8) is 0 Å². The maximum absolute atomic E-state index is 4.50. The first-order chi connectivity index (χ1) is 10.3. The number of aryl methyl sites for hydroxylation is 2. The summed E-state index contributed by atoms with van der Waals surface area (Å²) in [5, 5.41) is 3.77. The largest absolute Gasteiger partial charge is 0.338 e. The Morgan fingerprint density at radius 3 is 2.76 bits per heavy atom. The summed E-state index contributed by atoms with van der Waals surface area (Å²) in [5.74, 6) is 4.01. The molecule has 2 aliphatic carbocycles. The summed E-state index contributed by atoms with van der Waals surface area (Å²) < 4.78 is 2.18. The van der Waals surface area contributed by atoms with Crippen molar-refractivity contribution < 1.29 is 0 Å². The third-order valence-corrected chi connectivity index (χ3v) is 5.73. The van der Waals surface area contributed by atoms with Crippen LogP contribution in [0.5, 0.6) is 0 Å². The lowest BCUT2D eigenvalue weighted by molar-refractivity contribution is 0.162. The zero-order chi connectivity index (χ0) is 14.7. The van der Waals surface area contributed by atoms with Crippen molar-refractivity contribution in [2.24, 2.45) is 24.8 Å². The standard InChI is InChI=1S/C18H31N3/c1-3-14-4-5-16(13-20-17-7-8-17)15(12-14)6-9-18-19-10-11-21(18)2/h10-11,14-17,20H,3-9,12-13H2,1-2H3. The predicted octanol–water partition coefficient (Wildman–Crippen LogP) is 3.55. The molecule has 3 rings (SSSR count). The van der Waals surface area contributed by atoms with Crippen LogP contribution in [0.15, 0.2) is 12.4 Å². The summed E-state index contributed by atoms with van der Waals surface area (Å²) in [6.45, 7) is 3.62. The highest BCUT2D eigenvalue weighted by Gasteiger charge is 2.31. The summed E-state index contributed by atoms with van der Waals surface area (Å²) in [6.07, 6.45) is 15.0. The average Bonchev–Trinajstić information content (AvgIpc) is 3.25. The Morgan fingerprint density at radius 2 is 2.10 bits per heavy atom. The molecular formula is C18H31N3. The maximum Gasteiger partial charge on any atom is 0.108 e. The van der Waals surface area contributed by atoms with Gasteiger partial charge in [0.1, 0.15) is 5.82 Å². The highest BCUT2D eigenvalue weighted by Crippen LogP contribution is 2.38. The molecule has 0 radical (unpaired) electrons. The lowest BCUT2D eigenvalue weighted by atomic mass is 9.71. The van der Waals surface area contributed by atoms with E-state index in [1.54, 1.807) is 0 Å². The van der Waals surface area contributed by atoms with Gasteiger partial charge >= 0.3 is 0 Å². The van der Waals surface area contributed by atoms with Gasteiger partial charge in [0.2, 0.25) is 0 Å². The SMILES string of the molecule is CCC1CCC(CNC2CC2)C(CCc2nccn2C)C1. The second-order valence-electron chi connectivity index (χ2n) is 7.28. The van der Waals surface area contributed by atoms with Crippen molar-refractivity contribution in [3.05, 3.63) is 18.2 Å². The minimum Gasteiger partial charge on any atom is -0.338 e. The fourth-order valence-corrected chi connectivity index (χ4v) is 3.97. The third-order valence-electron chi connectivity index (χ3n) is 5.73. The molecule has 3 heteroatoms. The number of nitrogens with zero attached hydrogens (tertiary/aromatic N) is 2. The van der Waals surface area contributed by atoms with Crippen LogP contribution in [0.4, 0.5) is 0 Å². The number of hydrogen-bond acceptors (Lipinski definition) is 2. The minimum absolute atomic E-state index is 0.851. The number of hydrogen-bond donors (Lipinski definition) is 1. The van der Waals surface area contributed by atoms with E-state index in [1.165, 1.54) is 57.3 Å². The molecule has 0 saturated heterocycles. The summed E-state index contributed by atoms with van der Waals surface area (Å²) in [4.78, 5) is 4.50. The Kier molecular flexibility index (Phi) is 4.99. The van der Waals surface area contributed by atoms with Crippen LogP contribution in [0.3, 0.4) is 0 Å². The van der Waals surface area contributed by atoms with Gasteiger partial charge in [0.25, 0.3) is 0 Å². The van der Waals surface area contributed by atoms with Crippen molar-refractivity contribution in [2.75, 3.05) is 6.54 Å². The van der Waals surface area contributed by atoms with Crippen LogP contribution in [0, 0.1) is 17.8 Å². The first-order valence-corrected chi connectivity index (χ1v) is 8.95. The molecule has 1 aromatic rings. The number of nitrogens with one attached hydrogen (secondary N) is 1. The van der Waals surface area contributed by atoms with Gasteiger partial charge in [-0.1, -0.05) is 19.8 Å². The molecule has 0 bridgehead atoms. The van der Waals surface area contributed by atoms with Crippen molar-refractivity contribution in [2.45, 2.75) is 64.3 Å². The summed E-state index contributed by atoms with van der Waals surface area (Å²) in [7, 11) is 2.12. The smallest absolute Gasteiger partial charge is 0.108 e. The topological polar surface area (TPSA) is 29.9 Å². The second kappa shape index (κ2) is 6.95. The molecule has 3 atom stereocenters. The van der Waals surface area contributed by atoms with Gasteiger partial charge in [-0.3, -0.25) is 0 Å². The number of aromatic nitrogens is 2. The van der Waals surface area contributed by atoms with Crippen molar-refractivity contribution in [1.29, 1.82) is 0 Å². The zero-order valence-corrected chi connectivity index (χ0v) is 13.7. The van der Waals surface area contributed by atoms with Gasteiger partial charge in [0.15, 0.2) is 0 Å². The fourth-order valence-electron chi connectivity index (χ4n) is 3.97. The third kappa shape index (κ3) is 4.09. The van der Waals surface area contributed by atoms with Gasteiger partial charge in [-0.2, -0.15) is 0 Å². The van der Waals surface area contributed by atoms with Crippen molar-refractivity contribution in [1.82, 2.24) is 14.9 Å². The Labute approximate surface area is 129 Å².